The van der Waals surface area contributed by atoms with Gasteiger partial charge in [0.2, 0.25) is 0 Å². The number of para-hydroxylation sites is 1. The number of hydrogen-bond acceptors (Lipinski definition) is 2. The van der Waals surface area contributed by atoms with Crippen LogP contribution in [0.2, 0.25) is 5.02 Å². The van der Waals surface area contributed by atoms with E-state index in [1.165, 1.54) is 0 Å². The first-order chi connectivity index (χ1) is 11.8. The largest absolute Gasteiger partial charge is 0.454 e. The molecule has 0 spiro atoms. The molecular formula is C20H13ClN2O. The van der Waals surface area contributed by atoms with Gasteiger partial charge in [-0.15, -0.1) is 0 Å². The normalized spacial score (nSPS) is 13.3. The minimum atomic E-state index is 0.531. The number of aliphatic imine (C=N–C) groups is 1. The van der Waals surface area contributed by atoms with Gasteiger partial charge in [-0.1, -0.05) is 35.9 Å². The van der Waals surface area contributed by atoms with Crippen molar-refractivity contribution in [3.8, 4) is 5.69 Å². The van der Waals surface area contributed by atoms with Crippen LogP contribution in [0.4, 0.5) is 0 Å². The van der Waals surface area contributed by atoms with Crippen LogP contribution in [0.3, 0.4) is 0 Å². The number of fused-ring (bicyclic) bond motifs is 4. The van der Waals surface area contributed by atoms with Gasteiger partial charge in [-0.2, -0.15) is 0 Å². The summed E-state index contributed by atoms with van der Waals surface area (Å²) in [4.78, 5) is 4.82. The second-order valence-corrected chi connectivity index (χ2v) is 6.22. The summed E-state index contributed by atoms with van der Waals surface area (Å²) in [5.74, 6) is 0.778. The molecule has 0 N–H and O–H groups in total. The van der Waals surface area contributed by atoms with E-state index in [4.69, 9.17) is 21.0 Å². The van der Waals surface area contributed by atoms with Gasteiger partial charge in [0.1, 0.15) is 11.3 Å². The average Bonchev–Trinajstić information content (AvgIpc) is 3.20. The third-order valence-electron chi connectivity index (χ3n) is 4.40. The Morgan fingerprint density at radius 3 is 2.83 bits per heavy atom. The highest BCUT2D eigenvalue weighted by Crippen LogP contribution is 2.31. The van der Waals surface area contributed by atoms with Gasteiger partial charge in [-0.25, -0.2) is 0 Å². The molecule has 2 aromatic heterocycles. The molecule has 0 saturated carbocycles. The molecule has 4 heteroatoms. The number of rotatable bonds is 1. The van der Waals surface area contributed by atoms with Gasteiger partial charge < -0.3 is 8.98 Å². The lowest BCUT2D eigenvalue weighted by molar-refractivity contribution is 0.604. The molecule has 116 valence electrons. The van der Waals surface area contributed by atoms with E-state index >= 15 is 0 Å². The molecule has 3 nitrogen and oxygen atoms in total. The standard InChI is InChI=1S/C20H13ClN2O/c21-15-6-3-7-16-14(15)12-22-20(17-8-4-10-23(16)17)19-11-13-5-1-2-9-18(13)24-19/h1-11H,12H2. The summed E-state index contributed by atoms with van der Waals surface area (Å²) >= 11 is 6.40. The number of furan rings is 1. The summed E-state index contributed by atoms with van der Waals surface area (Å²) < 4.78 is 8.17. The fraction of sp³-hybridized carbons (Fsp3) is 0.0500. The molecule has 0 radical (unpaired) electrons. The van der Waals surface area contributed by atoms with Crippen molar-refractivity contribution in [3.05, 3.63) is 88.9 Å². The maximum Gasteiger partial charge on any atom is 0.155 e. The molecule has 0 amide bonds. The molecule has 0 unspecified atom stereocenters. The Balaban J connectivity index is 1.75. The Morgan fingerprint density at radius 2 is 1.92 bits per heavy atom. The summed E-state index contributed by atoms with van der Waals surface area (Å²) in [7, 11) is 0. The third kappa shape index (κ3) is 1.95. The summed E-state index contributed by atoms with van der Waals surface area (Å²) in [5, 5.41) is 1.81. The van der Waals surface area contributed by atoms with Crippen LogP contribution in [0, 0.1) is 0 Å². The average molecular weight is 333 g/mol. The van der Waals surface area contributed by atoms with Crippen molar-refractivity contribution in [2.75, 3.05) is 0 Å². The van der Waals surface area contributed by atoms with Crippen LogP contribution >= 0.6 is 11.6 Å². The van der Waals surface area contributed by atoms with Gasteiger partial charge in [0.15, 0.2) is 5.76 Å². The first-order valence-electron chi connectivity index (χ1n) is 7.80. The van der Waals surface area contributed by atoms with Crippen LogP contribution in [0.15, 0.2) is 76.3 Å². The molecule has 3 heterocycles. The van der Waals surface area contributed by atoms with Crippen LogP contribution in [-0.2, 0) is 6.54 Å². The molecule has 0 aliphatic carbocycles. The molecule has 0 bridgehead atoms. The molecule has 1 aliphatic rings. The van der Waals surface area contributed by atoms with Crippen molar-refractivity contribution in [3.63, 3.8) is 0 Å². The number of nitrogens with zero attached hydrogens (tertiary/aromatic N) is 2. The third-order valence-corrected chi connectivity index (χ3v) is 4.75. The van der Waals surface area contributed by atoms with Crippen molar-refractivity contribution in [2.24, 2.45) is 4.99 Å². The highest BCUT2D eigenvalue weighted by atomic mass is 35.5. The maximum absolute atomic E-state index is 6.40. The van der Waals surface area contributed by atoms with Crippen molar-refractivity contribution < 1.29 is 4.42 Å². The highest BCUT2D eigenvalue weighted by Gasteiger charge is 2.21. The highest BCUT2D eigenvalue weighted by molar-refractivity contribution is 6.31. The lowest BCUT2D eigenvalue weighted by Gasteiger charge is -2.10. The van der Waals surface area contributed by atoms with E-state index in [2.05, 4.69) is 16.7 Å². The summed E-state index contributed by atoms with van der Waals surface area (Å²) in [6, 6.07) is 20.1. The van der Waals surface area contributed by atoms with Crippen LogP contribution in [0.1, 0.15) is 17.0 Å². The first kappa shape index (κ1) is 13.6. The van der Waals surface area contributed by atoms with E-state index in [0.29, 0.717) is 6.54 Å². The maximum atomic E-state index is 6.40. The summed E-state index contributed by atoms with van der Waals surface area (Å²) in [6.45, 7) is 0.531. The minimum Gasteiger partial charge on any atom is -0.454 e. The fourth-order valence-electron chi connectivity index (χ4n) is 3.26. The molecule has 2 aromatic carbocycles. The first-order valence-corrected chi connectivity index (χ1v) is 8.18. The number of aromatic nitrogens is 1. The van der Waals surface area contributed by atoms with Crippen LogP contribution in [0.25, 0.3) is 16.7 Å². The molecule has 5 rings (SSSR count). The Kier molecular flexibility index (Phi) is 2.91. The molecule has 1 aliphatic heterocycles. The van der Waals surface area contributed by atoms with E-state index in [0.717, 1.165) is 44.4 Å². The Bertz CT molecular complexity index is 1070. The van der Waals surface area contributed by atoms with Crippen molar-refractivity contribution in [2.45, 2.75) is 6.54 Å². The van der Waals surface area contributed by atoms with Crippen molar-refractivity contribution in [1.82, 2.24) is 4.57 Å². The predicted molar refractivity (Wildman–Crippen MR) is 96.3 cm³/mol. The molecule has 0 saturated heterocycles. The molecule has 0 fully saturated rings. The molecule has 24 heavy (non-hydrogen) atoms. The topological polar surface area (TPSA) is 30.4 Å². The van der Waals surface area contributed by atoms with Crippen LogP contribution < -0.4 is 0 Å². The van der Waals surface area contributed by atoms with E-state index < -0.39 is 0 Å². The molecule has 0 atom stereocenters. The summed E-state index contributed by atoms with van der Waals surface area (Å²) in [6.07, 6.45) is 2.04. The quantitative estimate of drug-likeness (QED) is 0.469. The van der Waals surface area contributed by atoms with E-state index in [9.17, 15) is 0 Å². The summed E-state index contributed by atoms with van der Waals surface area (Å²) in [5.41, 5.74) is 4.83. The zero-order valence-corrected chi connectivity index (χ0v) is 13.5. The second-order valence-electron chi connectivity index (χ2n) is 5.81. The number of halogens is 1. The Hall–Kier alpha value is -2.78. The van der Waals surface area contributed by atoms with Gasteiger partial charge in [-0.05, 0) is 36.4 Å². The SMILES string of the molecule is Clc1cccc2c1CN=C(c1cc3ccccc3o1)c1cccn1-2. The van der Waals surface area contributed by atoms with Crippen LogP contribution in [-0.4, -0.2) is 10.3 Å². The lowest BCUT2D eigenvalue weighted by atomic mass is 10.1. The van der Waals surface area contributed by atoms with Crippen molar-refractivity contribution >= 4 is 28.3 Å². The minimum absolute atomic E-state index is 0.531. The monoisotopic (exact) mass is 332 g/mol. The van der Waals surface area contributed by atoms with Gasteiger partial charge in [0, 0.05) is 22.2 Å². The second kappa shape index (κ2) is 5.11. The number of benzene rings is 2. The number of hydrogen-bond donors (Lipinski definition) is 0. The Morgan fingerprint density at radius 1 is 1.00 bits per heavy atom. The van der Waals surface area contributed by atoms with Gasteiger partial charge in [0.25, 0.3) is 0 Å². The zero-order valence-electron chi connectivity index (χ0n) is 12.7. The predicted octanol–water partition coefficient (Wildman–Crippen LogP) is 5.23. The molecule has 4 aromatic rings. The van der Waals surface area contributed by atoms with Gasteiger partial charge in [0.05, 0.1) is 17.9 Å². The van der Waals surface area contributed by atoms with E-state index in [-0.39, 0.29) is 0 Å². The zero-order chi connectivity index (χ0) is 16.1. The van der Waals surface area contributed by atoms with E-state index in [1.807, 2.05) is 54.7 Å². The smallest absolute Gasteiger partial charge is 0.155 e. The van der Waals surface area contributed by atoms with Gasteiger partial charge in [-0.3, -0.25) is 4.99 Å². The Labute approximate surface area is 143 Å². The fourth-order valence-corrected chi connectivity index (χ4v) is 3.48. The molecular weight excluding hydrogens is 320 g/mol. The van der Waals surface area contributed by atoms with Crippen LogP contribution in [0.5, 0.6) is 0 Å². The lowest BCUT2D eigenvalue weighted by Crippen LogP contribution is -2.07. The van der Waals surface area contributed by atoms with E-state index in [1.54, 1.807) is 0 Å². The van der Waals surface area contributed by atoms with Crippen molar-refractivity contribution in [1.29, 1.82) is 0 Å². The van der Waals surface area contributed by atoms with Gasteiger partial charge >= 0.3 is 0 Å².